The maximum Gasteiger partial charge on any atom is 0.257 e. The second kappa shape index (κ2) is 5.67. The molecule has 2 aromatic heterocycles. The molecular weight excluding hydrogens is 264 g/mol. The van der Waals surface area contributed by atoms with Gasteiger partial charge in [0, 0.05) is 19.4 Å². The highest BCUT2D eigenvalue weighted by atomic mass is 35.5. The molecule has 2 aromatic rings. The predicted molar refractivity (Wildman–Crippen MR) is 75.7 cm³/mol. The van der Waals surface area contributed by atoms with Gasteiger partial charge >= 0.3 is 0 Å². The molecule has 0 bridgehead atoms. The second-order valence-electron chi connectivity index (χ2n) is 4.01. The fraction of sp³-hybridized carbons (Fsp3) is 0.154. The summed E-state index contributed by atoms with van der Waals surface area (Å²) in [6, 6.07) is 3.40. The predicted octanol–water partition coefficient (Wildman–Crippen LogP) is 2.73. The van der Waals surface area contributed by atoms with Crippen LogP contribution in [0, 0.1) is 6.92 Å². The summed E-state index contributed by atoms with van der Waals surface area (Å²) in [5.41, 5.74) is 2.00. The summed E-state index contributed by atoms with van der Waals surface area (Å²) in [7, 11) is 1.71. The lowest BCUT2D eigenvalue weighted by Gasteiger charge is -2.07. The largest absolute Gasteiger partial charge is 0.372 e. The molecular formula is C13H13ClN4O. The molecule has 2 heterocycles. The van der Waals surface area contributed by atoms with Crippen LogP contribution in [0.15, 0.2) is 30.7 Å². The van der Waals surface area contributed by atoms with E-state index < -0.39 is 0 Å². The lowest BCUT2D eigenvalue weighted by molar-refractivity contribution is 0.102. The summed E-state index contributed by atoms with van der Waals surface area (Å²) >= 11 is 5.98. The Labute approximate surface area is 116 Å². The molecule has 0 spiro atoms. The van der Waals surface area contributed by atoms with Crippen LogP contribution in [-0.4, -0.2) is 22.9 Å². The minimum absolute atomic E-state index is 0.274. The van der Waals surface area contributed by atoms with Gasteiger partial charge in [-0.15, -0.1) is 0 Å². The van der Waals surface area contributed by atoms with Crippen molar-refractivity contribution in [3.63, 3.8) is 0 Å². The van der Waals surface area contributed by atoms with Gasteiger partial charge in [-0.3, -0.25) is 9.78 Å². The SMILES string of the molecule is CNc1ncc(C(=O)Nc2cncc(C)c2)cc1Cl. The van der Waals surface area contributed by atoms with E-state index in [1.807, 2.05) is 13.0 Å². The number of hydrogen-bond acceptors (Lipinski definition) is 4. The molecule has 19 heavy (non-hydrogen) atoms. The first-order chi connectivity index (χ1) is 9.10. The van der Waals surface area contributed by atoms with Crippen molar-refractivity contribution in [2.24, 2.45) is 0 Å². The standard InChI is InChI=1S/C13H13ClN4O/c1-8-3-10(7-16-5-8)18-13(19)9-4-11(14)12(15-2)17-6-9/h3-7H,1-2H3,(H,15,17)(H,18,19). The number of anilines is 2. The molecule has 0 aromatic carbocycles. The van der Waals surface area contributed by atoms with Crippen LogP contribution in [0.3, 0.4) is 0 Å². The van der Waals surface area contributed by atoms with Crippen molar-refractivity contribution in [3.05, 3.63) is 46.9 Å². The number of rotatable bonds is 3. The first-order valence-corrected chi connectivity index (χ1v) is 6.04. The van der Waals surface area contributed by atoms with E-state index in [2.05, 4.69) is 20.6 Å². The third-order valence-electron chi connectivity index (χ3n) is 2.47. The van der Waals surface area contributed by atoms with Gasteiger partial charge in [-0.05, 0) is 24.6 Å². The molecule has 98 valence electrons. The van der Waals surface area contributed by atoms with Crippen LogP contribution < -0.4 is 10.6 Å². The first kappa shape index (κ1) is 13.3. The Hall–Kier alpha value is -2.14. The van der Waals surface area contributed by atoms with E-state index in [1.165, 1.54) is 6.20 Å². The van der Waals surface area contributed by atoms with Crippen molar-refractivity contribution in [1.82, 2.24) is 9.97 Å². The van der Waals surface area contributed by atoms with Gasteiger partial charge < -0.3 is 10.6 Å². The Kier molecular flexibility index (Phi) is 3.97. The van der Waals surface area contributed by atoms with Gasteiger partial charge in [0.1, 0.15) is 5.82 Å². The van der Waals surface area contributed by atoms with E-state index in [9.17, 15) is 4.79 Å². The highest BCUT2D eigenvalue weighted by Gasteiger charge is 2.09. The maximum absolute atomic E-state index is 12.0. The summed E-state index contributed by atoms with van der Waals surface area (Å²) < 4.78 is 0. The topological polar surface area (TPSA) is 66.9 Å². The van der Waals surface area contributed by atoms with Gasteiger partial charge in [-0.1, -0.05) is 11.6 Å². The number of aryl methyl sites for hydroxylation is 1. The minimum atomic E-state index is -0.274. The molecule has 2 rings (SSSR count). The van der Waals surface area contributed by atoms with E-state index >= 15 is 0 Å². The zero-order valence-electron chi connectivity index (χ0n) is 10.6. The van der Waals surface area contributed by atoms with E-state index in [0.29, 0.717) is 22.1 Å². The van der Waals surface area contributed by atoms with Crippen LogP contribution in [-0.2, 0) is 0 Å². The number of hydrogen-bond donors (Lipinski definition) is 2. The number of nitrogens with one attached hydrogen (secondary N) is 2. The third kappa shape index (κ3) is 3.20. The van der Waals surface area contributed by atoms with Crippen LogP contribution in [0.5, 0.6) is 0 Å². The molecule has 0 radical (unpaired) electrons. The fourth-order valence-electron chi connectivity index (χ4n) is 1.57. The maximum atomic E-state index is 12.0. The number of carbonyl (C=O) groups is 1. The zero-order valence-corrected chi connectivity index (χ0v) is 11.3. The number of carbonyl (C=O) groups excluding carboxylic acids is 1. The van der Waals surface area contributed by atoms with E-state index in [0.717, 1.165) is 5.56 Å². The lowest BCUT2D eigenvalue weighted by atomic mass is 10.2. The molecule has 0 saturated heterocycles. The van der Waals surface area contributed by atoms with Crippen molar-refractivity contribution >= 4 is 29.0 Å². The van der Waals surface area contributed by atoms with Crippen molar-refractivity contribution in [1.29, 1.82) is 0 Å². The van der Waals surface area contributed by atoms with Gasteiger partial charge in [-0.2, -0.15) is 0 Å². The van der Waals surface area contributed by atoms with Crippen molar-refractivity contribution in [3.8, 4) is 0 Å². The van der Waals surface area contributed by atoms with E-state index in [4.69, 9.17) is 11.6 Å². The molecule has 1 amide bonds. The molecule has 0 aliphatic carbocycles. The fourth-order valence-corrected chi connectivity index (χ4v) is 1.83. The first-order valence-electron chi connectivity index (χ1n) is 5.66. The van der Waals surface area contributed by atoms with Gasteiger partial charge in [0.2, 0.25) is 0 Å². The van der Waals surface area contributed by atoms with Crippen molar-refractivity contribution < 1.29 is 4.79 Å². The number of nitrogens with zero attached hydrogens (tertiary/aromatic N) is 2. The number of aromatic nitrogens is 2. The quantitative estimate of drug-likeness (QED) is 0.905. The van der Waals surface area contributed by atoms with Gasteiger partial charge in [0.05, 0.1) is 22.5 Å². The van der Waals surface area contributed by atoms with Crippen molar-refractivity contribution in [2.75, 3.05) is 17.7 Å². The van der Waals surface area contributed by atoms with Crippen LogP contribution >= 0.6 is 11.6 Å². The molecule has 2 N–H and O–H groups in total. The highest BCUT2D eigenvalue weighted by molar-refractivity contribution is 6.33. The van der Waals surface area contributed by atoms with Crippen LogP contribution in [0.2, 0.25) is 5.02 Å². The molecule has 0 fully saturated rings. The molecule has 5 nitrogen and oxygen atoms in total. The second-order valence-corrected chi connectivity index (χ2v) is 4.42. The Morgan fingerprint density at radius 2 is 2.05 bits per heavy atom. The molecule has 0 aliphatic heterocycles. The average Bonchev–Trinajstić information content (AvgIpc) is 2.38. The van der Waals surface area contributed by atoms with Crippen LogP contribution in [0.4, 0.5) is 11.5 Å². The summed E-state index contributed by atoms with van der Waals surface area (Å²) in [6.45, 7) is 1.91. The Morgan fingerprint density at radius 3 is 2.68 bits per heavy atom. The molecule has 0 aliphatic rings. The Balaban J connectivity index is 2.18. The van der Waals surface area contributed by atoms with Gasteiger partial charge in [0.15, 0.2) is 0 Å². The average molecular weight is 277 g/mol. The highest BCUT2D eigenvalue weighted by Crippen LogP contribution is 2.20. The Morgan fingerprint density at radius 1 is 1.26 bits per heavy atom. The summed E-state index contributed by atoms with van der Waals surface area (Å²) in [4.78, 5) is 20.1. The van der Waals surface area contributed by atoms with E-state index in [-0.39, 0.29) is 5.91 Å². The Bertz CT molecular complexity index is 615. The number of pyridine rings is 2. The zero-order chi connectivity index (χ0) is 13.8. The lowest BCUT2D eigenvalue weighted by Crippen LogP contribution is -2.13. The summed E-state index contributed by atoms with van der Waals surface area (Å²) in [5.74, 6) is 0.264. The monoisotopic (exact) mass is 276 g/mol. The molecule has 0 atom stereocenters. The number of halogens is 1. The molecule has 0 unspecified atom stereocenters. The van der Waals surface area contributed by atoms with Gasteiger partial charge in [-0.25, -0.2) is 4.98 Å². The smallest absolute Gasteiger partial charge is 0.257 e. The third-order valence-corrected chi connectivity index (χ3v) is 2.76. The minimum Gasteiger partial charge on any atom is -0.372 e. The van der Waals surface area contributed by atoms with E-state index in [1.54, 1.807) is 25.5 Å². The number of amides is 1. The van der Waals surface area contributed by atoms with Crippen LogP contribution in [0.25, 0.3) is 0 Å². The van der Waals surface area contributed by atoms with Crippen LogP contribution in [0.1, 0.15) is 15.9 Å². The van der Waals surface area contributed by atoms with Crippen molar-refractivity contribution in [2.45, 2.75) is 6.92 Å². The molecule has 0 saturated carbocycles. The summed E-state index contributed by atoms with van der Waals surface area (Å²) in [5, 5.41) is 5.98. The molecule has 6 heteroatoms. The normalized spacial score (nSPS) is 10.1. The van der Waals surface area contributed by atoms with Gasteiger partial charge in [0.25, 0.3) is 5.91 Å². The summed E-state index contributed by atoms with van der Waals surface area (Å²) in [6.07, 6.45) is 4.77.